The van der Waals surface area contributed by atoms with Crippen molar-refractivity contribution in [2.24, 2.45) is 0 Å². The average Bonchev–Trinajstić information content (AvgIpc) is 3.27. The number of thiophene rings is 1. The zero-order valence-corrected chi connectivity index (χ0v) is 19.6. The lowest BCUT2D eigenvalue weighted by Gasteiger charge is -2.34. The van der Waals surface area contributed by atoms with Gasteiger partial charge in [-0.25, -0.2) is 0 Å². The molecule has 3 aromatic rings. The number of amides is 2. The number of hydrogen-bond acceptors (Lipinski definition) is 5. The van der Waals surface area contributed by atoms with Crippen molar-refractivity contribution in [3.63, 3.8) is 0 Å². The van der Waals surface area contributed by atoms with Crippen LogP contribution in [0.4, 0.5) is 0 Å². The van der Waals surface area contributed by atoms with Crippen molar-refractivity contribution in [3.8, 4) is 0 Å². The molecule has 1 aromatic carbocycles. The van der Waals surface area contributed by atoms with Crippen LogP contribution in [0.5, 0.6) is 0 Å². The first-order valence-electron chi connectivity index (χ1n) is 10.2. The molecular weight excluding hydrogens is 467 g/mol. The molecule has 1 aliphatic rings. The van der Waals surface area contributed by atoms with Gasteiger partial charge in [0, 0.05) is 66.6 Å². The van der Waals surface area contributed by atoms with E-state index in [-0.39, 0.29) is 11.8 Å². The van der Waals surface area contributed by atoms with Crippen LogP contribution in [0, 0.1) is 0 Å². The van der Waals surface area contributed by atoms with E-state index in [0.29, 0.717) is 40.1 Å². The SMILES string of the molecule is O=C(NCc1ccc(Cl)cc1Cl)c1ccc(CN2CCN(C(=O)c3cccnc3)CC2)s1. The van der Waals surface area contributed by atoms with Crippen LogP contribution >= 0.6 is 34.5 Å². The molecule has 0 aliphatic carbocycles. The fourth-order valence-electron chi connectivity index (χ4n) is 3.51. The van der Waals surface area contributed by atoms with Gasteiger partial charge in [0.1, 0.15) is 0 Å². The molecule has 1 saturated heterocycles. The van der Waals surface area contributed by atoms with Gasteiger partial charge in [0.25, 0.3) is 11.8 Å². The number of nitrogens with zero attached hydrogens (tertiary/aromatic N) is 3. The highest BCUT2D eigenvalue weighted by Gasteiger charge is 2.22. The van der Waals surface area contributed by atoms with E-state index in [4.69, 9.17) is 23.2 Å². The number of aromatic nitrogens is 1. The van der Waals surface area contributed by atoms with Crippen LogP contribution < -0.4 is 5.32 Å². The van der Waals surface area contributed by atoms with Gasteiger partial charge in [-0.15, -0.1) is 11.3 Å². The topological polar surface area (TPSA) is 65.5 Å². The van der Waals surface area contributed by atoms with Crippen molar-refractivity contribution >= 4 is 46.4 Å². The summed E-state index contributed by atoms with van der Waals surface area (Å²) in [6.45, 7) is 4.04. The third-order valence-electron chi connectivity index (χ3n) is 5.29. The molecule has 1 N–H and O–H groups in total. The van der Waals surface area contributed by atoms with Crippen LogP contribution in [0.15, 0.2) is 54.9 Å². The molecule has 0 spiro atoms. The molecule has 0 atom stereocenters. The number of rotatable bonds is 6. The standard InChI is InChI=1S/C23H22Cl2N4O2S/c24-18-4-3-16(20(25)12-18)14-27-22(30)21-6-5-19(32-21)15-28-8-10-29(11-9-28)23(31)17-2-1-7-26-13-17/h1-7,12-13H,8-11,14-15H2,(H,27,30). The predicted octanol–water partition coefficient (Wildman–Crippen LogP) is 4.34. The second-order valence-electron chi connectivity index (χ2n) is 7.49. The van der Waals surface area contributed by atoms with Crippen molar-refractivity contribution in [2.45, 2.75) is 13.1 Å². The van der Waals surface area contributed by atoms with Gasteiger partial charge < -0.3 is 10.2 Å². The third kappa shape index (κ3) is 5.66. The molecule has 32 heavy (non-hydrogen) atoms. The van der Waals surface area contributed by atoms with E-state index < -0.39 is 0 Å². The zero-order valence-electron chi connectivity index (χ0n) is 17.3. The number of benzene rings is 1. The van der Waals surface area contributed by atoms with E-state index in [1.165, 1.54) is 11.3 Å². The summed E-state index contributed by atoms with van der Waals surface area (Å²) >= 11 is 13.6. The molecule has 166 valence electrons. The van der Waals surface area contributed by atoms with Crippen LogP contribution in [-0.4, -0.2) is 52.8 Å². The van der Waals surface area contributed by atoms with E-state index in [1.54, 1.807) is 36.7 Å². The van der Waals surface area contributed by atoms with Crippen LogP contribution in [0.3, 0.4) is 0 Å². The summed E-state index contributed by atoms with van der Waals surface area (Å²) in [5, 5.41) is 4.01. The summed E-state index contributed by atoms with van der Waals surface area (Å²) in [6, 6.07) is 12.6. The summed E-state index contributed by atoms with van der Waals surface area (Å²) in [5.41, 5.74) is 1.44. The van der Waals surface area contributed by atoms with Crippen LogP contribution in [0.1, 0.15) is 30.5 Å². The summed E-state index contributed by atoms with van der Waals surface area (Å²) in [5.74, 6) is -0.104. The summed E-state index contributed by atoms with van der Waals surface area (Å²) in [6.07, 6.45) is 3.27. The van der Waals surface area contributed by atoms with E-state index in [1.807, 2.05) is 23.1 Å². The highest BCUT2D eigenvalue weighted by Crippen LogP contribution is 2.22. The van der Waals surface area contributed by atoms with E-state index >= 15 is 0 Å². The maximum absolute atomic E-state index is 12.6. The van der Waals surface area contributed by atoms with Crippen LogP contribution in [0.2, 0.25) is 10.0 Å². The highest BCUT2D eigenvalue weighted by atomic mass is 35.5. The van der Waals surface area contributed by atoms with E-state index in [9.17, 15) is 9.59 Å². The van der Waals surface area contributed by atoms with Gasteiger partial charge in [-0.3, -0.25) is 19.5 Å². The van der Waals surface area contributed by atoms with Gasteiger partial charge in [0.15, 0.2) is 0 Å². The average molecular weight is 489 g/mol. The van der Waals surface area contributed by atoms with Gasteiger partial charge in [-0.05, 0) is 42.0 Å². The molecule has 0 bridgehead atoms. The van der Waals surface area contributed by atoms with Crippen LogP contribution in [0.25, 0.3) is 0 Å². The van der Waals surface area contributed by atoms with E-state index in [0.717, 1.165) is 30.1 Å². The van der Waals surface area contributed by atoms with Crippen molar-refractivity contribution in [3.05, 3.63) is 85.8 Å². The molecule has 9 heteroatoms. The predicted molar refractivity (Wildman–Crippen MR) is 127 cm³/mol. The quantitative estimate of drug-likeness (QED) is 0.560. The Bertz CT molecular complexity index is 1100. The third-order valence-corrected chi connectivity index (χ3v) is 6.94. The first-order chi connectivity index (χ1) is 15.5. The Morgan fingerprint density at radius 1 is 1.06 bits per heavy atom. The Morgan fingerprint density at radius 2 is 1.88 bits per heavy atom. The first-order valence-corrected chi connectivity index (χ1v) is 11.8. The van der Waals surface area contributed by atoms with Gasteiger partial charge in [-0.2, -0.15) is 0 Å². The normalized spacial score (nSPS) is 14.4. The Hall–Kier alpha value is -2.45. The van der Waals surface area contributed by atoms with Crippen molar-refractivity contribution < 1.29 is 9.59 Å². The minimum Gasteiger partial charge on any atom is -0.347 e. The smallest absolute Gasteiger partial charge is 0.261 e. The summed E-state index contributed by atoms with van der Waals surface area (Å²) < 4.78 is 0. The molecule has 0 unspecified atom stereocenters. The molecule has 1 fully saturated rings. The van der Waals surface area contributed by atoms with Crippen molar-refractivity contribution in [2.75, 3.05) is 26.2 Å². The van der Waals surface area contributed by atoms with E-state index in [2.05, 4.69) is 15.2 Å². The Kier molecular flexibility index (Phi) is 7.42. The molecule has 6 nitrogen and oxygen atoms in total. The number of nitrogens with one attached hydrogen (secondary N) is 1. The molecule has 4 rings (SSSR count). The molecule has 1 aliphatic heterocycles. The Balaban J connectivity index is 1.26. The number of carbonyl (C=O) groups is 2. The number of hydrogen-bond donors (Lipinski definition) is 1. The largest absolute Gasteiger partial charge is 0.347 e. The second-order valence-corrected chi connectivity index (χ2v) is 9.51. The highest BCUT2D eigenvalue weighted by molar-refractivity contribution is 7.14. The monoisotopic (exact) mass is 488 g/mol. The molecule has 2 amide bonds. The lowest BCUT2D eigenvalue weighted by atomic mass is 10.2. The van der Waals surface area contributed by atoms with Crippen molar-refractivity contribution in [1.29, 1.82) is 0 Å². The number of carbonyl (C=O) groups excluding carboxylic acids is 2. The van der Waals surface area contributed by atoms with Gasteiger partial charge >= 0.3 is 0 Å². The molecular formula is C23H22Cl2N4O2S. The zero-order chi connectivity index (χ0) is 22.5. The van der Waals surface area contributed by atoms with Gasteiger partial charge in [0.05, 0.1) is 10.4 Å². The maximum atomic E-state index is 12.6. The minimum absolute atomic E-state index is 0.0219. The molecule has 2 aromatic heterocycles. The van der Waals surface area contributed by atoms with Crippen molar-refractivity contribution in [1.82, 2.24) is 20.1 Å². The summed E-state index contributed by atoms with van der Waals surface area (Å²) in [7, 11) is 0. The first kappa shape index (κ1) is 22.7. The lowest BCUT2D eigenvalue weighted by Crippen LogP contribution is -2.48. The fourth-order valence-corrected chi connectivity index (χ4v) is 4.96. The number of halogens is 2. The van der Waals surface area contributed by atoms with Gasteiger partial charge in [0.2, 0.25) is 0 Å². The fraction of sp³-hybridized carbons (Fsp3) is 0.261. The number of pyridine rings is 1. The Morgan fingerprint density at radius 3 is 2.59 bits per heavy atom. The van der Waals surface area contributed by atoms with Crippen LogP contribution in [-0.2, 0) is 13.1 Å². The number of piperazine rings is 1. The molecule has 0 saturated carbocycles. The second kappa shape index (κ2) is 10.4. The molecule has 3 heterocycles. The maximum Gasteiger partial charge on any atom is 0.261 e. The van der Waals surface area contributed by atoms with Gasteiger partial charge in [-0.1, -0.05) is 29.3 Å². The lowest BCUT2D eigenvalue weighted by molar-refractivity contribution is 0.0629. The summed E-state index contributed by atoms with van der Waals surface area (Å²) in [4.78, 5) is 35.0. The Labute approximate surface area is 200 Å². The minimum atomic E-state index is -0.126. The molecule has 0 radical (unpaired) electrons.